The van der Waals surface area contributed by atoms with Gasteiger partial charge in [-0.25, -0.2) is 4.79 Å². The Kier molecular flexibility index (Phi) is 5.72. The molecular weight excluding hydrogens is 298 g/mol. The maximum absolute atomic E-state index is 12.0. The Morgan fingerprint density at radius 2 is 1.91 bits per heavy atom. The van der Waals surface area contributed by atoms with Crippen LogP contribution in [0, 0.1) is 0 Å². The second-order valence-corrected chi connectivity index (χ2v) is 4.90. The van der Waals surface area contributed by atoms with Crippen molar-refractivity contribution in [2.24, 2.45) is 5.11 Å². The minimum Gasteiger partial charge on any atom is -0.466 e. The number of aliphatic hydroxyl groups excluding tert-OH is 1. The van der Waals surface area contributed by atoms with Gasteiger partial charge in [-0.1, -0.05) is 5.11 Å². The van der Waals surface area contributed by atoms with Crippen LogP contribution in [0.3, 0.4) is 0 Å². The molecule has 0 bridgehead atoms. The number of nitrogens with zero attached hydrogens (tertiary/aromatic N) is 3. The Balaban J connectivity index is 3.21. The summed E-state index contributed by atoms with van der Waals surface area (Å²) in [5, 5.41) is 13.5. The smallest absolute Gasteiger partial charge is 0.350 e. The number of ether oxygens (including phenoxy) is 3. The quantitative estimate of drug-likeness (QED) is 0.256. The molecule has 0 aromatic carbocycles. The van der Waals surface area contributed by atoms with Crippen molar-refractivity contribution in [3.63, 3.8) is 0 Å². The van der Waals surface area contributed by atoms with Crippen LogP contribution in [0.5, 0.6) is 0 Å². The van der Waals surface area contributed by atoms with Gasteiger partial charge in [-0.15, -0.1) is 0 Å². The fourth-order valence-electron chi connectivity index (χ4n) is 2.52. The Labute approximate surface area is 126 Å². The average Bonchev–Trinajstić information content (AvgIpc) is 2.40. The molecule has 0 aromatic heterocycles. The molecule has 0 unspecified atom stereocenters. The first kappa shape index (κ1) is 17.7. The van der Waals surface area contributed by atoms with Crippen LogP contribution in [0.25, 0.3) is 10.4 Å². The van der Waals surface area contributed by atoms with Crippen molar-refractivity contribution in [3.05, 3.63) is 10.4 Å². The van der Waals surface area contributed by atoms with Gasteiger partial charge in [0.2, 0.25) is 5.60 Å². The van der Waals surface area contributed by atoms with Crippen molar-refractivity contribution >= 4 is 17.9 Å². The predicted molar refractivity (Wildman–Crippen MR) is 70.2 cm³/mol. The van der Waals surface area contributed by atoms with Crippen molar-refractivity contribution < 1.29 is 33.7 Å². The number of esters is 3. The molecule has 0 aliphatic heterocycles. The van der Waals surface area contributed by atoms with E-state index in [-0.39, 0.29) is 12.8 Å². The lowest BCUT2D eigenvalue weighted by Gasteiger charge is -2.42. The van der Waals surface area contributed by atoms with Crippen LogP contribution >= 0.6 is 0 Å². The van der Waals surface area contributed by atoms with E-state index < -0.39 is 41.8 Å². The monoisotopic (exact) mass is 315 g/mol. The Morgan fingerprint density at radius 3 is 2.36 bits per heavy atom. The third kappa shape index (κ3) is 3.86. The van der Waals surface area contributed by atoms with Crippen molar-refractivity contribution in [1.29, 1.82) is 0 Å². The summed E-state index contributed by atoms with van der Waals surface area (Å²) >= 11 is 0. The number of carbonyl (C=O) groups excluding carboxylic acids is 3. The number of carbonyl (C=O) groups is 3. The third-order valence-corrected chi connectivity index (χ3v) is 3.24. The first-order valence-corrected chi connectivity index (χ1v) is 6.43. The van der Waals surface area contributed by atoms with Crippen LogP contribution in [-0.2, 0) is 28.6 Å². The average molecular weight is 315 g/mol. The predicted octanol–water partition coefficient (Wildman–Crippen LogP) is 0.227. The van der Waals surface area contributed by atoms with Gasteiger partial charge in [0.15, 0.2) is 0 Å². The summed E-state index contributed by atoms with van der Waals surface area (Å²) in [5.74, 6) is -2.35. The maximum Gasteiger partial charge on any atom is 0.350 e. The van der Waals surface area contributed by atoms with Gasteiger partial charge in [-0.3, -0.25) is 9.59 Å². The van der Waals surface area contributed by atoms with E-state index >= 15 is 0 Å². The number of azide groups is 1. The number of hydrogen-bond donors (Lipinski definition) is 1. The second-order valence-electron chi connectivity index (χ2n) is 4.90. The molecule has 1 saturated carbocycles. The van der Waals surface area contributed by atoms with Gasteiger partial charge in [-0.05, 0) is 5.53 Å². The molecule has 1 rings (SSSR count). The summed E-state index contributed by atoms with van der Waals surface area (Å²) in [6, 6.07) is -1.10. The van der Waals surface area contributed by atoms with Crippen LogP contribution in [0.15, 0.2) is 5.11 Å². The molecule has 0 aromatic rings. The van der Waals surface area contributed by atoms with Gasteiger partial charge in [-0.2, -0.15) is 0 Å². The first-order chi connectivity index (χ1) is 10.3. The van der Waals surface area contributed by atoms with Gasteiger partial charge in [0, 0.05) is 31.6 Å². The normalized spacial score (nSPS) is 30.6. The fraction of sp³-hybridized carbons (Fsp3) is 0.750. The second kappa shape index (κ2) is 7.10. The minimum atomic E-state index is -1.80. The molecule has 0 saturated heterocycles. The van der Waals surface area contributed by atoms with E-state index in [1.54, 1.807) is 0 Å². The highest BCUT2D eigenvalue weighted by Gasteiger charge is 2.54. The largest absolute Gasteiger partial charge is 0.466 e. The van der Waals surface area contributed by atoms with E-state index in [9.17, 15) is 19.5 Å². The summed E-state index contributed by atoms with van der Waals surface area (Å²) in [6.07, 6.45) is -3.09. The molecule has 22 heavy (non-hydrogen) atoms. The van der Waals surface area contributed by atoms with Crippen LogP contribution in [0.1, 0.15) is 26.7 Å². The molecule has 1 aliphatic carbocycles. The van der Waals surface area contributed by atoms with E-state index in [1.165, 1.54) is 0 Å². The molecule has 0 radical (unpaired) electrons. The number of aliphatic hydroxyl groups is 1. The van der Waals surface area contributed by atoms with Crippen LogP contribution in [0.2, 0.25) is 0 Å². The fourth-order valence-corrected chi connectivity index (χ4v) is 2.52. The molecule has 1 N–H and O–H groups in total. The Hall–Kier alpha value is -2.32. The molecule has 10 heteroatoms. The zero-order valence-electron chi connectivity index (χ0n) is 12.4. The van der Waals surface area contributed by atoms with E-state index in [0.29, 0.717) is 0 Å². The van der Waals surface area contributed by atoms with Gasteiger partial charge in [0.05, 0.1) is 13.2 Å². The standard InChI is InChI=1S/C12H17N3O7/c1-6(16)21-9-5-12(11(19)20-3,22-7(2)17)4-8(18)10(9)14-15-13/h8-10,18H,4-5H2,1-3H3/t8-,9-,10+,12+/m1/s1. The Morgan fingerprint density at radius 1 is 1.27 bits per heavy atom. The van der Waals surface area contributed by atoms with Crippen molar-refractivity contribution in [2.45, 2.75) is 50.5 Å². The molecule has 4 atom stereocenters. The molecule has 0 spiro atoms. The molecular formula is C12H17N3O7. The zero-order valence-corrected chi connectivity index (χ0v) is 12.4. The van der Waals surface area contributed by atoms with Gasteiger partial charge >= 0.3 is 17.9 Å². The number of hydrogen-bond acceptors (Lipinski definition) is 8. The molecule has 10 nitrogen and oxygen atoms in total. The summed E-state index contributed by atoms with van der Waals surface area (Å²) in [5.41, 5.74) is 6.74. The third-order valence-electron chi connectivity index (χ3n) is 3.24. The van der Waals surface area contributed by atoms with Gasteiger partial charge < -0.3 is 19.3 Å². The lowest BCUT2D eigenvalue weighted by molar-refractivity contribution is -0.198. The van der Waals surface area contributed by atoms with Crippen molar-refractivity contribution in [3.8, 4) is 0 Å². The lowest BCUT2D eigenvalue weighted by Crippen LogP contribution is -2.58. The SMILES string of the molecule is COC(=O)[C@]1(OC(C)=O)C[C@@H](O)[C@H](N=[N+]=[N-])[C@H](OC(C)=O)C1. The summed E-state index contributed by atoms with van der Waals surface area (Å²) < 4.78 is 14.7. The Bertz CT molecular complexity index is 517. The zero-order chi connectivity index (χ0) is 16.9. The molecule has 1 fully saturated rings. The van der Waals surface area contributed by atoms with Crippen LogP contribution < -0.4 is 0 Å². The summed E-state index contributed by atoms with van der Waals surface area (Å²) in [7, 11) is 1.10. The molecule has 122 valence electrons. The van der Waals surface area contributed by atoms with E-state index in [0.717, 1.165) is 21.0 Å². The van der Waals surface area contributed by atoms with E-state index in [1.807, 2.05) is 0 Å². The van der Waals surface area contributed by atoms with Crippen LogP contribution in [-0.4, -0.2) is 54.0 Å². The highest BCUT2D eigenvalue weighted by atomic mass is 16.6. The molecule has 0 amide bonds. The lowest BCUT2D eigenvalue weighted by atomic mass is 9.78. The van der Waals surface area contributed by atoms with Gasteiger partial charge in [0.25, 0.3) is 0 Å². The highest BCUT2D eigenvalue weighted by molar-refractivity contribution is 5.83. The topological polar surface area (TPSA) is 148 Å². The number of rotatable bonds is 4. The molecule has 0 heterocycles. The van der Waals surface area contributed by atoms with Crippen molar-refractivity contribution in [1.82, 2.24) is 0 Å². The maximum atomic E-state index is 12.0. The number of methoxy groups -OCH3 is 1. The van der Waals surface area contributed by atoms with Gasteiger partial charge in [0.1, 0.15) is 12.1 Å². The first-order valence-electron chi connectivity index (χ1n) is 6.43. The molecule has 1 aliphatic rings. The highest BCUT2D eigenvalue weighted by Crippen LogP contribution is 2.36. The minimum absolute atomic E-state index is 0.278. The van der Waals surface area contributed by atoms with Crippen molar-refractivity contribution in [2.75, 3.05) is 7.11 Å². The summed E-state index contributed by atoms with van der Waals surface area (Å²) in [4.78, 5) is 37.1. The van der Waals surface area contributed by atoms with Crippen LogP contribution in [0.4, 0.5) is 0 Å². The van der Waals surface area contributed by atoms with E-state index in [4.69, 9.17) is 15.0 Å². The van der Waals surface area contributed by atoms with E-state index in [2.05, 4.69) is 14.8 Å². The summed E-state index contributed by atoms with van der Waals surface area (Å²) in [6.45, 7) is 2.22.